The lowest BCUT2D eigenvalue weighted by molar-refractivity contribution is -0.138. The first-order valence-corrected chi connectivity index (χ1v) is 5.00. The van der Waals surface area contributed by atoms with E-state index in [1.807, 2.05) is 20.8 Å². The maximum absolute atomic E-state index is 12.7. The van der Waals surface area contributed by atoms with E-state index in [1.54, 1.807) is 12.1 Å². The molecule has 1 unspecified atom stereocenters. The highest BCUT2D eigenvalue weighted by Gasteiger charge is 2.34. The molecule has 0 aliphatic rings. The Balaban J connectivity index is 3.18. The normalized spacial score (nSPS) is 14.3. The van der Waals surface area contributed by atoms with Crippen LogP contribution in [0.25, 0.3) is 0 Å². The summed E-state index contributed by atoms with van der Waals surface area (Å²) in [7, 11) is 0. The lowest BCUT2D eigenvalue weighted by Gasteiger charge is -2.20. The zero-order valence-electron chi connectivity index (χ0n) is 9.10. The first kappa shape index (κ1) is 12.1. The molecule has 0 spiro atoms. The number of alkyl halides is 3. The minimum atomic E-state index is -4.25. The van der Waals surface area contributed by atoms with Gasteiger partial charge in [-0.25, -0.2) is 0 Å². The highest BCUT2D eigenvalue weighted by Crippen LogP contribution is 2.37. The maximum atomic E-state index is 12.7. The quantitative estimate of drug-likeness (QED) is 0.684. The van der Waals surface area contributed by atoms with E-state index in [2.05, 4.69) is 0 Å². The molecule has 1 aromatic rings. The summed E-state index contributed by atoms with van der Waals surface area (Å²) in [5.41, 5.74) is -0.119. The standard InChI is InChI=1S/C12H15F3/c1-8(2)9(3)10-6-4-5-7-11(10)12(13,14)15/h4-9H,1-3H3. The van der Waals surface area contributed by atoms with Gasteiger partial charge < -0.3 is 0 Å². The van der Waals surface area contributed by atoms with E-state index in [-0.39, 0.29) is 11.8 Å². The maximum Gasteiger partial charge on any atom is 0.416 e. The third-order valence-electron chi connectivity index (χ3n) is 2.76. The Morgan fingerprint density at radius 1 is 1.00 bits per heavy atom. The van der Waals surface area contributed by atoms with E-state index in [9.17, 15) is 13.2 Å². The monoisotopic (exact) mass is 216 g/mol. The Bertz CT molecular complexity index is 326. The number of benzene rings is 1. The van der Waals surface area contributed by atoms with Crippen molar-refractivity contribution in [2.45, 2.75) is 32.9 Å². The van der Waals surface area contributed by atoms with Gasteiger partial charge in [0.25, 0.3) is 0 Å². The van der Waals surface area contributed by atoms with E-state index in [0.29, 0.717) is 5.56 Å². The Morgan fingerprint density at radius 3 is 2.00 bits per heavy atom. The number of rotatable bonds is 2. The summed E-state index contributed by atoms with van der Waals surface area (Å²) in [6.07, 6.45) is -4.25. The first-order chi connectivity index (χ1) is 6.84. The number of hydrogen-bond acceptors (Lipinski definition) is 0. The Hall–Kier alpha value is -0.990. The van der Waals surface area contributed by atoms with Gasteiger partial charge in [0.2, 0.25) is 0 Å². The van der Waals surface area contributed by atoms with Crippen molar-refractivity contribution in [2.75, 3.05) is 0 Å². The van der Waals surface area contributed by atoms with Crippen LogP contribution in [0.5, 0.6) is 0 Å². The summed E-state index contributed by atoms with van der Waals surface area (Å²) in [6, 6.07) is 5.80. The molecule has 0 aliphatic carbocycles. The average Bonchev–Trinajstić information content (AvgIpc) is 2.15. The van der Waals surface area contributed by atoms with Gasteiger partial charge in [-0.15, -0.1) is 0 Å². The summed E-state index contributed by atoms with van der Waals surface area (Å²) in [4.78, 5) is 0. The van der Waals surface area contributed by atoms with Crippen molar-refractivity contribution in [2.24, 2.45) is 5.92 Å². The van der Waals surface area contributed by atoms with Gasteiger partial charge in [0.05, 0.1) is 5.56 Å². The molecule has 84 valence electrons. The van der Waals surface area contributed by atoms with Crippen molar-refractivity contribution in [3.63, 3.8) is 0 Å². The van der Waals surface area contributed by atoms with Gasteiger partial charge in [0, 0.05) is 0 Å². The minimum Gasteiger partial charge on any atom is -0.166 e. The van der Waals surface area contributed by atoms with Crippen LogP contribution in [0, 0.1) is 5.92 Å². The Kier molecular flexibility index (Phi) is 3.42. The molecule has 1 atom stereocenters. The van der Waals surface area contributed by atoms with E-state index in [1.165, 1.54) is 6.07 Å². The van der Waals surface area contributed by atoms with Crippen LogP contribution in [0.1, 0.15) is 37.8 Å². The van der Waals surface area contributed by atoms with Crippen molar-refractivity contribution in [1.29, 1.82) is 0 Å². The lowest BCUT2D eigenvalue weighted by Crippen LogP contribution is -2.13. The van der Waals surface area contributed by atoms with Crippen LogP contribution in [0.3, 0.4) is 0 Å². The second-order valence-corrected chi connectivity index (χ2v) is 4.12. The molecule has 3 heteroatoms. The van der Waals surface area contributed by atoms with Gasteiger partial charge in [-0.05, 0) is 23.5 Å². The van der Waals surface area contributed by atoms with Crippen LogP contribution < -0.4 is 0 Å². The molecule has 0 saturated heterocycles. The molecule has 0 radical (unpaired) electrons. The van der Waals surface area contributed by atoms with Gasteiger partial charge in [-0.1, -0.05) is 39.0 Å². The zero-order valence-corrected chi connectivity index (χ0v) is 9.10. The van der Waals surface area contributed by atoms with Gasteiger partial charge in [-0.3, -0.25) is 0 Å². The predicted octanol–water partition coefficient (Wildman–Crippen LogP) is 4.46. The third kappa shape index (κ3) is 2.74. The lowest BCUT2D eigenvalue weighted by atomic mass is 9.87. The molecular formula is C12H15F3. The van der Waals surface area contributed by atoms with Crippen molar-refractivity contribution in [1.82, 2.24) is 0 Å². The van der Waals surface area contributed by atoms with Crippen LogP contribution in [-0.4, -0.2) is 0 Å². The second-order valence-electron chi connectivity index (χ2n) is 4.12. The van der Waals surface area contributed by atoms with Crippen molar-refractivity contribution < 1.29 is 13.2 Å². The number of halogens is 3. The Morgan fingerprint density at radius 2 is 1.53 bits per heavy atom. The summed E-state index contributed by atoms with van der Waals surface area (Å²) < 4.78 is 38.0. The minimum absolute atomic E-state index is 0.0807. The Labute approximate surface area is 88.1 Å². The van der Waals surface area contributed by atoms with Crippen LogP contribution in [0.4, 0.5) is 13.2 Å². The van der Waals surface area contributed by atoms with E-state index in [0.717, 1.165) is 6.07 Å². The largest absolute Gasteiger partial charge is 0.416 e. The van der Waals surface area contributed by atoms with Crippen LogP contribution in [-0.2, 0) is 6.18 Å². The van der Waals surface area contributed by atoms with Crippen LogP contribution in [0.2, 0.25) is 0 Å². The van der Waals surface area contributed by atoms with E-state index < -0.39 is 11.7 Å². The van der Waals surface area contributed by atoms with Crippen molar-refractivity contribution in [3.8, 4) is 0 Å². The molecule has 0 amide bonds. The highest BCUT2D eigenvalue weighted by atomic mass is 19.4. The zero-order chi connectivity index (χ0) is 11.6. The van der Waals surface area contributed by atoms with Gasteiger partial charge >= 0.3 is 6.18 Å². The molecule has 1 aromatic carbocycles. The molecule has 0 aliphatic heterocycles. The molecule has 0 N–H and O–H groups in total. The molecule has 0 fully saturated rings. The first-order valence-electron chi connectivity index (χ1n) is 5.00. The van der Waals surface area contributed by atoms with Gasteiger partial charge in [0.1, 0.15) is 0 Å². The number of hydrogen-bond donors (Lipinski definition) is 0. The van der Waals surface area contributed by atoms with E-state index >= 15 is 0 Å². The molecule has 0 nitrogen and oxygen atoms in total. The third-order valence-corrected chi connectivity index (χ3v) is 2.76. The second kappa shape index (κ2) is 4.25. The topological polar surface area (TPSA) is 0 Å². The molecule has 1 rings (SSSR count). The summed E-state index contributed by atoms with van der Waals surface area (Å²) in [6.45, 7) is 5.69. The average molecular weight is 216 g/mol. The fourth-order valence-corrected chi connectivity index (χ4v) is 1.51. The molecular weight excluding hydrogens is 201 g/mol. The predicted molar refractivity (Wildman–Crippen MR) is 54.7 cm³/mol. The summed E-state index contributed by atoms with van der Waals surface area (Å²) >= 11 is 0. The van der Waals surface area contributed by atoms with Crippen molar-refractivity contribution >= 4 is 0 Å². The van der Waals surface area contributed by atoms with Crippen LogP contribution in [0.15, 0.2) is 24.3 Å². The molecule has 0 bridgehead atoms. The molecule has 0 saturated carbocycles. The summed E-state index contributed by atoms with van der Waals surface area (Å²) in [5, 5.41) is 0. The fourth-order valence-electron chi connectivity index (χ4n) is 1.51. The van der Waals surface area contributed by atoms with Crippen LogP contribution >= 0.6 is 0 Å². The van der Waals surface area contributed by atoms with Crippen molar-refractivity contribution in [3.05, 3.63) is 35.4 Å². The summed E-state index contributed by atoms with van der Waals surface area (Å²) in [5.74, 6) is 0.122. The highest BCUT2D eigenvalue weighted by molar-refractivity contribution is 5.32. The van der Waals surface area contributed by atoms with Gasteiger partial charge in [-0.2, -0.15) is 13.2 Å². The van der Waals surface area contributed by atoms with E-state index in [4.69, 9.17) is 0 Å². The smallest absolute Gasteiger partial charge is 0.166 e. The molecule has 15 heavy (non-hydrogen) atoms. The SMILES string of the molecule is CC(C)C(C)c1ccccc1C(F)(F)F. The molecule has 0 heterocycles. The molecule has 0 aromatic heterocycles. The van der Waals surface area contributed by atoms with Gasteiger partial charge in [0.15, 0.2) is 0 Å². The fraction of sp³-hybridized carbons (Fsp3) is 0.500.